The Kier molecular flexibility index (Phi) is 3.83. The highest BCUT2D eigenvalue weighted by Gasteiger charge is 2.12. The molecule has 21 heavy (non-hydrogen) atoms. The molecule has 3 rings (SSSR count). The van der Waals surface area contributed by atoms with Crippen LogP contribution in [0.15, 0.2) is 48.7 Å². The molecule has 0 atom stereocenters. The summed E-state index contributed by atoms with van der Waals surface area (Å²) in [5.74, 6) is 1.30. The standard InChI is InChI=1S/C15H13ClN4O/c1-21-13-9-11(7-8-17-13)10-20-14(18-19-15(20)16)12-5-3-2-4-6-12/h2-9H,10H2,1H3. The molecule has 106 valence electrons. The molecule has 6 heteroatoms. The number of pyridine rings is 1. The van der Waals surface area contributed by atoms with Crippen LogP contribution in [0.1, 0.15) is 5.56 Å². The average molecular weight is 301 g/mol. The van der Waals surface area contributed by atoms with E-state index in [0.29, 0.717) is 17.7 Å². The first-order chi connectivity index (χ1) is 10.3. The summed E-state index contributed by atoms with van der Waals surface area (Å²) in [4.78, 5) is 4.09. The highest BCUT2D eigenvalue weighted by atomic mass is 35.5. The molecule has 0 saturated carbocycles. The fourth-order valence-corrected chi connectivity index (χ4v) is 2.25. The largest absolute Gasteiger partial charge is 0.481 e. The van der Waals surface area contributed by atoms with Gasteiger partial charge < -0.3 is 4.74 Å². The van der Waals surface area contributed by atoms with E-state index < -0.39 is 0 Å². The SMILES string of the molecule is COc1cc(Cn2c(Cl)nnc2-c2ccccc2)ccn1. The Morgan fingerprint density at radius 1 is 1.14 bits per heavy atom. The van der Waals surface area contributed by atoms with Crippen LogP contribution in [0.5, 0.6) is 5.88 Å². The molecule has 5 nitrogen and oxygen atoms in total. The third-order valence-corrected chi connectivity index (χ3v) is 3.37. The van der Waals surface area contributed by atoms with Crippen molar-refractivity contribution in [3.05, 3.63) is 59.5 Å². The Morgan fingerprint density at radius 2 is 1.95 bits per heavy atom. The predicted octanol–water partition coefficient (Wildman–Crippen LogP) is 3.05. The van der Waals surface area contributed by atoms with Crippen LogP contribution in [-0.4, -0.2) is 26.9 Å². The van der Waals surface area contributed by atoms with E-state index in [1.807, 2.05) is 47.0 Å². The van der Waals surface area contributed by atoms with Crippen molar-refractivity contribution in [2.24, 2.45) is 0 Å². The molecule has 0 amide bonds. The number of hydrogen-bond acceptors (Lipinski definition) is 4. The van der Waals surface area contributed by atoms with E-state index in [4.69, 9.17) is 16.3 Å². The minimum atomic E-state index is 0.352. The minimum Gasteiger partial charge on any atom is -0.481 e. The van der Waals surface area contributed by atoms with Crippen molar-refractivity contribution in [3.8, 4) is 17.3 Å². The maximum absolute atomic E-state index is 6.16. The van der Waals surface area contributed by atoms with E-state index in [1.54, 1.807) is 13.3 Å². The Balaban J connectivity index is 1.97. The van der Waals surface area contributed by atoms with Gasteiger partial charge in [0.05, 0.1) is 13.7 Å². The van der Waals surface area contributed by atoms with E-state index in [1.165, 1.54) is 0 Å². The van der Waals surface area contributed by atoms with Gasteiger partial charge >= 0.3 is 0 Å². The van der Waals surface area contributed by atoms with Gasteiger partial charge in [-0.2, -0.15) is 0 Å². The van der Waals surface area contributed by atoms with Gasteiger partial charge in [0.15, 0.2) is 5.82 Å². The van der Waals surface area contributed by atoms with Crippen molar-refractivity contribution in [2.75, 3.05) is 7.11 Å². The first-order valence-electron chi connectivity index (χ1n) is 6.41. The molecule has 2 aromatic heterocycles. The van der Waals surface area contributed by atoms with Crippen molar-refractivity contribution in [2.45, 2.75) is 6.54 Å². The summed E-state index contributed by atoms with van der Waals surface area (Å²) in [7, 11) is 1.59. The molecule has 0 fully saturated rings. The van der Waals surface area contributed by atoms with Crippen molar-refractivity contribution in [1.29, 1.82) is 0 Å². The minimum absolute atomic E-state index is 0.352. The van der Waals surface area contributed by atoms with Crippen LogP contribution in [0, 0.1) is 0 Å². The summed E-state index contributed by atoms with van der Waals surface area (Å²) >= 11 is 6.16. The molecule has 0 bridgehead atoms. The van der Waals surface area contributed by atoms with Gasteiger partial charge in [-0.25, -0.2) is 4.98 Å². The lowest BCUT2D eigenvalue weighted by molar-refractivity contribution is 0.397. The van der Waals surface area contributed by atoms with Crippen LogP contribution in [0.4, 0.5) is 0 Å². The number of benzene rings is 1. The zero-order valence-corrected chi connectivity index (χ0v) is 12.2. The van der Waals surface area contributed by atoms with Gasteiger partial charge in [-0.1, -0.05) is 30.3 Å². The number of methoxy groups -OCH3 is 1. The second-order valence-corrected chi connectivity index (χ2v) is 4.79. The molecule has 1 aromatic carbocycles. The smallest absolute Gasteiger partial charge is 0.225 e. The van der Waals surface area contributed by atoms with Crippen LogP contribution >= 0.6 is 11.6 Å². The molecule has 2 heterocycles. The molecule has 3 aromatic rings. The van der Waals surface area contributed by atoms with E-state index in [-0.39, 0.29) is 0 Å². The Bertz CT molecular complexity index is 742. The second kappa shape index (κ2) is 5.93. The normalized spacial score (nSPS) is 10.6. The first-order valence-corrected chi connectivity index (χ1v) is 6.79. The maximum Gasteiger partial charge on any atom is 0.225 e. The highest BCUT2D eigenvalue weighted by molar-refractivity contribution is 6.28. The van der Waals surface area contributed by atoms with E-state index in [9.17, 15) is 0 Å². The molecular weight excluding hydrogens is 288 g/mol. The number of aromatic nitrogens is 4. The van der Waals surface area contributed by atoms with Gasteiger partial charge in [-0.15, -0.1) is 10.2 Å². The van der Waals surface area contributed by atoms with Gasteiger partial charge in [0, 0.05) is 17.8 Å². The first kappa shape index (κ1) is 13.6. The number of ether oxygens (including phenoxy) is 1. The van der Waals surface area contributed by atoms with Crippen LogP contribution in [0.3, 0.4) is 0 Å². The average Bonchev–Trinajstić information content (AvgIpc) is 2.89. The third kappa shape index (κ3) is 2.87. The van der Waals surface area contributed by atoms with Gasteiger partial charge in [0.2, 0.25) is 11.2 Å². The van der Waals surface area contributed by atoms with Crippen molar-refractivity contribution in [1.82, 2.24) is 19.7 Å². The molecule has 0 aliphatic rings. The van der Waals surface area contributed by atoms with Gasteiger partial charge in [0.1, 0.15) is 0 Å². The van der Waals surface area contributed by atoms with Crippen LogP contribution in [0.2, 0.25) is 5.28 Å². The fourth-order valence-electron chi connectivity index (χ4n) is 2.07. The lowest BCUT2D eigenvalue weighted by atomic mass is 10.2. The summed E-state index contributed by atoms with van der Waals surface area (Å²) in [5, 5.41) is 8.47. The molecule has 0 aliphatic carbocycles. The zero-order chi connectivity index (χ0) is 14.7. The molecule has 0 unspecified atom stereocenters. The van der Waals surface area contributed by atoms with E-state index >= 15 is 0 Å². The Labute approximate surface area is 127 Å². The van der Waals surface area contributed by atoms with E-state index in [0.717, 1.165) is 17.0 Å². The summed E-state index contributed by atoms with van der Waals surface area (Å²) in [5.41, 5.74) is 1.98. The van der Waals surface area contributed by atoms with Crippen LogP contribution in [-0.2, 0) is 6.54 Å². The van der Waals surface area contributed by atoms with Gasteiger partial charge in [-0.3, -0.25) is 4.57 Å². The lowest BCUT2D eigenvalue weighted by Crippen LogP contribution is -2.03. The van der Waals surface area contributed by atoms with E-state index in [2.05, 4.69) is 15.2 Å². The Morgan fingerprint density at radius 3 is 2.71 bits per heavy atom. The summed E-state index contributed by atoms with van der Waals surface area (Å²) in [6.07, 6.45) is 1.70. The summed E-state index contributed by atoms with van der Waals surface area (Å²) in [6.45, 7) is 0.551. The van der Waals surface area contributed by atoms with Crippen LogP contribution in [0.25, 0.3) is 11.4 Å². The zero-order valence-electron chi connectivity index (χ0n) is 11.4. The molecule has 0 radical (unpaired) electrons. The monoisotopic (exact) mass is 300 g/mol. The van der Waals surface area contributed by atoms with Crippen LogP contribution < -0.4 is 4.74 Å². The van der Waals surface area contributed by atoms with Gasteiger partial charge in [0.25, 0.3) is 0 Å². The Hall–Kier alpha value is -2.40. The predicted molar refractivity (Wildman–Crippen MR) is 80.4 cm³/mol. The summed E-state index contributed by atoms with van der Waals surface area (Å²) in [6, 6.07) is 13.6. The number of rotatable bonds is 4. The third-order valence-electron chi connectivity index (χ3n) is 3.09. The molecule has 0 aliphatic heterocycles. The molecular formula is C15H13ClN4O. The quantitative estimate of drug-likeness (QED) is 0.743. The number of nitrogens with zero attached hydrogens (tertiary/aromatic N) is 4. The number of hydrogen-bond donors (Lipinski definition) is 0. The van der Waals surface area contributed by atoms with Crippen molar-refractivity contribution < 1.29 is 4.74 Å². The van der Waals surface area contributed by atoms with Gasteiger partial charge in [-0.05, 0) is 23.2 Å². The maximum atomic E-state index is 6.16. The van der Waals surface area contributed by atoms with Crippen molar-refractivity contribution >= 4 is 11.6 Å². The molecule has 0 N–H and O–H groups in total. The highest BCUT2D eigenvalue weighted by Crippen LogP contribution is 2.22. The fraction of sp³-hybridized carbons (Fsp3) is 0.133. The topological polar surface area (TPSA) is 52.8 Å². The summed E-state index contributed by atoms with van der Waals surface area (Å²) < 4.78 is 6.99. The second-order valence-electron chi connectivity index (χ2n) is 4.45. The van der Waals surface area contributed by atoms with Crippen molar-refractivity contribution in [3.63, 3.8) is 0 Å². The lowest BCUT2D eigenvalue weighted by Gasteiger charge is -2.08. The molecule has 0 saturated heterocycles. The number of halogens is 1. The molecule has 0 spiro atoms.